The van der Waals surface area contributed by atoms with Gasteiger partial charge in [0.2, 0.25) is 15.9 Å². The number of carbonyl (C=O) groups is 1. The number of carbonyl (C=O) groups excluding carboxylic acids is 1. The van der Waals surface area contributed by atoms with Gasteiger partial charge in [-0.25, -0.2) is 18.1 Å². The minimum Gasteiger partial charge on any atom is -0.468 e. The summed E-state index contributed by atoms with van der Waals surface area (Å²) in [6.07, 6.45) is 4.43. The Morgan fingerprint density at radius 1 is 1.12 bits per heavy atom. The van der Waals surface area contributed by atoms with Crippen molar-refractivity contribution in [1.82, 2.24) is 19.6 Å². The number of sulfonamides is 1. The van der Waals surface area contributed by atoms with Gasteiger partial charge in [0.05, 0.1) is 35.2 Å². The van der Waals surface area contributed by atoms with Gasteiger partial charge in [-0.15, -0.1) is 0 Å². The molecule has 0 saturated carbocycles. The quantitative estimate of drug-likeness (QED) is 0.375. The molecule has 0 spiro atoms. The van der Waals surface area contributed by atoms with Crippen molar-refractivity contribution < 1.29 is 17.6 Å². The van der Waals surface area contributed by atoms with Crippen LogP contribution in [0.2, 0.25) is 0 Å². The number of nitrogens with zero attached hydrogens (tertiary/aromatic N) is 2. The number of furan rings is 1. The highest BCUT2D eigenvalue weighted by Crippen LogP contribution is 2.13. The number of aromatic nitrogens is 2. The average molecular weight is 479 g/mol. The Bertz CT molecular complexity index is 1490. The molecule has 1 amide bonds. The van der Waals surface area contributed by atoms with E-state index in [1.807, 2.05) is 0 Å². The molecule has 0 aliphatic rings. The van der Waals surface area contributed by atoms with E-state index < -0.39 is 10.0 Å². The van der Waals surface area contributed by atoms with Crippen molar-refractivity contribution in [1.29, 1.82) is 0 Å². The number of hydrogen-bond acceptors (Lipinski definition) is 6. The molecule has 2 heterocycles. The van der Waals surface area contributed by atoms with Crippen LogP contribution in [0.5, 0.6) is 0 Å². The van der Waals surface area contributed by atoms with Crippen molar-refractivity contribution in [3.8, 4) is 0 Å². The predicted molar refractivity (Wildman–Crippen MR) is 127 cm³/mol. The first-order valence-electron chi connectivity index (χ1n) is 10.3. The number of aromatic amines is 1. The van der Waals surface area contributed by atoms with Crippen LogP contribution in [0.25, 0.3) is 17.0 Å². The molecule has 0 atom stereocenters. The van der Waals surface area contributed by atoms with E-state index in [4.69, 9.17) is 4.42 Å². The lowest BCUT2D eigenvalue weighted by Gasteiger charge is -2.14. The summed E-state index contributed by atoms with van der Waals surface area (Å²) in [6.45, 7) is 0.178. The summed E-state index contributed by atoms with van der Waals surface area (Å²) in [5.74, 6) is 0.589. The van der Waals surface area contributed by atoms with Crippen molar-refractivity contribution in [2.24, 2.45) is 0 Å². The monoisotopic (exact) mass is 478 g/mol. The van der Waals surface area contributed by atoms with Gasteiger partial charge >= 0.3 is 0 Å². The Morgan fingerprint density at radius 3 is 2.62 bits per heavy atom. The van der Waals surface area contributed by atoms with Crippen molar-refractivity contribution in [2.45, 2.75) is 18.0 Å². The van der Waals surface area contributed by atoms with E-state index in [0.717, 1.165) is 0 Å². The Labute approximate surface area is 195 Å². The Balaban J connectivity index is 1.38. The van der Waals surface area contributed by atoms with Crippen LogP contribution < -0.4 is 10.3 Å². The third-order valence-corrected chi connectivity index (χ3v) is 6.47. The lowest BCUT2D eigenvalue weighted by molar-refractivity contribution is -0.125. The van der Waals surface area contributed by atoms with Crippen LogP contribution in [-0.4, -0.2) is 36.2 Å². The smallest absolute Gasteiger partial charge is 0.258 e. The van der Waals surface area contributed by atoms with Crippen LogP contribution in [0.15, 0.2) is 87.1 Å². The predicted octanol–water partition coefficient (Wildman–Crippen LogP) is 2.67. The zero-order valence-corrected chi connectivity index (χ0v) is 19.1. The Kier molecular flexibility index (Phi) is 6.71. The maximum Gasteiger partial charge on any atom is 0.258 e. The van der Waals surface area contributed by atoms with E-state index >= 15 is 0 Å². The lowest BCUT2D eigenvalue weighted by atomic mass is 10.2. The van der Waals surface area contributed by atoms with Gasteiger partial charge in [0.15, 0.2) is 0 Å². The molecule has 0 saturated heterocycles. The van der Waals surface area contributed by atoms with Crippen LogP contribution in [0.4, 0.5) is 0 Å². The van der Waals surface area contributed by atoms with Crippen molar-refractivity contribution in [2.75, 3.05) is 7.05 Å². The number of benzene rings is 2. The highest BCUT2D eigenvalue weighted by atomic mass is 32.2. The molecule has 2 N–H and O–H groups in total. The highest BCUT2D eigenvalue weighted by molar-refractivity contribution is 7.89. The largest absolute Gasteiger partial charge is 0.468 e. The first kappa shape index (κ1) is 23.1. The average Bonchev–Trinajstić information content (AvgIpc) is 3.35. The highest BCUT2D eigenvalue weighted by Gasteiger charge is 2.14. The van der Waals surface area contributed by atoms with E-state index in [0.29, 0.717) is 28.1 Å². The normalized spacial score (nSPS) is 11.8. The summed E-state index contributed by atoms with van der Waals surface area (Å²) in [5, 5.41) is 0.488. The zero-order chi connectivity index (χ0) is 24.1. The summed E-state index contributed by atoms with van der Waals surface area (Å²) >= 11 is 0. The number of fused-ring (bicyclic) bond motifs is 1. The molecule has 0 aliphatic carbocycles. The minimum absolute atomic E-state index is 0.0507. The van der Waals surface area contributed by atoms with Crippen LogP contribution in [0, 0.1) is 0 Å². The topological polar surface area (TPSA) is 125 Å². The van der Waals surface area contributed by atoms with Gasteiger partial charge < -0.3 is 14.3 Å². The first-order chi connectivity index (χ1) is 16.3. The molecule has 0 fully saturated rings. The number of amides is 1. The summed E-state index contributed by atoms with van der Waals surface area (Å²) in [6, 6.07) is 16.5. The molecule has 0 radical (unpaired) electrons. The first-order valence-corrected chi connectivity index (χ1v) is 11.8. The molecular formula is C24H22N4O5S. The van der Waals surface area contributed by atoms with E-state index in [-0.39, 0.29) is 29.5 Å². The standard InChI is InChI=1S/C24H22N4O5S/c1-28(16-22-26-21-7-3-2-6-20(21)24(30)27-22)23(29)13-10-17-8-11-19(12-9-17)34(31,32)25-15-18-5-4-14-33-18/h2-14,25H,15-16H2,1H3,(H,26,27,30). The zero-order valence-electron chi connectivity index (χ0n) is 18.3. The number of para-hydroxylation sites is 1. The summed E-state index contributed by atoms with van der Waals surface area (Å²) in [5.41, 5.74) is 0.959. The van der Waals surface area contributed by atoms with Gasteiger partial charge in [0, 0.05) is 13.1 Å². The van der Waals surface area contributed by atoms with Gasteiger partial charge in [-0.05, 0) is 48.0 Å². The third kappa shape index (κ3) is 5.48. The summed E-state index contributed by atoms with van der Waals surface area (Å²) < 4.78 is 32.4. The van der Waals surface area contributed by atoms with Gasteiger partial charge in [-0.1, -0.05) is 24.3 Å². The molecule has 2 aromatic carbocycles. The Hall–Kier alpha value is -4.02. The van der Waals surface area contributed by atoms with E-state index in [2.05, 4.69) is 14.7 Å². The Morgan fingerprint density at radius 2 is 1.88 bits per heavy atom. The second kappa shape index (κ2) is 9.86. The van der Waals surface area contributed by atoms with Crippen molar-refractivity contribution in [3.05, 3.63) is 101 Å². The summed E-state index contributed by atoms with van der Waals surface area (Å²) in [4.78, 5) is 33.3. The molecule has 10 heteroatoms. The van der Waals surface area contributed by atoms with Crippen LogP contribution >= 0.6 is 0 Å². The maximum absolute atomic E-state index is 12.5. The fourth-order valence-corrected chi connectivity index (χ4v) is 4.22. The number of likely N-dealkylation sites (N-methyl/N-ethyl adjacent to an activating group) is 1. The minimum atomic E-state index is -3.70. The molecule has 34 heavy (non-hydrogen) atoms. The van der Waals surface area contributed by atoms with Gasteiger partial charge in [-0.2, -0.15) is 0 Å². The third-order valence-electron chi connectivity index (χ3n) is 5.05. The molecule has 0 aliphatic heterocycles. The second-order valence-electron chi connectivity index (χ2n) is 7.53. The van der Waals surface area contributed by atoms with Gasteiger partial charge in [0.25, 0.3) is 5.56 Å². The van der Waals surface area contributed by atoms with E-state index in [9.17, 15) is 18.0 Å². The number of hydrogen-bond donors (Lipinski definition) is 2. The van der Waals surface area contributed by atoms with E-state index in [1.54, 1.807) is 61.7 Å². The molecule has 0 bridgehead atoms. The number of rotatable bonds is 8. The fraction of sp³-hybridized carbons (Fsp3) is 0.125. The molecular weight excluding hydrogens is 456 g/mol. The van der Waals surface area contributed by atoms with Gasteiger partial charge in [0.1, 0.15) is 11.6 Å². The lowest BCUT2D eigenvalue weighted by Crippen LogP contribution is -2.26. The number of nitrogens with one attached hydrogen (secondary N) is 2. The van der Waals surface area contributed by atoms with Gasteiger partial charge in [-0.3, -0.25) is 9.59 Å². The molecule has 4 aromatic rings. The molecule has 2 aromatic heterocycles. The van der Waals surface area contributed by atoms with Crippen molar-refractivity contribution >= 4 is 32.9 Å². The molecule has 4 rings (SSSR count). The fourth-order valence-electron chi connectivity index (χ4n) is 3.23. The van der Waals surface area contributed by atoms with E-state index in [1.165, 1.54) is 29.4 Å². The van der Waals surface area contributed by atoms with Crippen LogP contribution in [0.1, 0.15) is 17.1 Å². The van der Waals surface area contributed by atoms with Crippen molar-refractivity contribution in [3.63, 3.8) is 0 Å². The molecule has 174 valence electrons. The number of H-pyrrole nitrogens is 1. The molecule has 0 unspecified atom stereocenters. The van der Waals surface area contributed by atoms with Crippen LogP contribution in [0.3, 0.4) is 0 Å². The SMILES string of the molecule is CN(Cc1nc2ccccc2c(=O)[nH]1)C(=O)C=Cc1ccc(S(=O)(=O)NCc2ccco2)cc1. The second-order valence-corrected chi connectivity index (χ2v) is 9.30. The maximum atomic E-state index is 12.5. The summed E-state index contributed by atoms with van der Waals surface area (Å²) in [7, 11) is -2.10. The molecule has 9 nitrogen and oxygen atoms in total. The van der Waals surface area contributed by atoms with Crippen LogP contribution in [-0.2, 0) is 27.9 Å².